The van der Waals surface area contributed by atoms with E-state index in [0.717, 1.165) is 10.9 Å². The van der Waals surface area contributed by atoms with Gasteiger partial charge in [0.1, 0.15) is 17.3 Å². The van der Waals surface area contributed by atoms with E-state index >= 15 is 0 Å². The quantitative estimate of drug-likeness (QED) is 0.472. The Morgan fingerprint density at radius 2 is 1.65 bits per heavy atom. The standard InChI is InChI=1S/C22H17F2N7/c23-16-9-7-14(8-10-16)12-31-22(25)27-20(29-31)19-17-5-3-11-26-21(17)30(28-19)13-15-4-1-2-6-18(15)24/h1-11H,12-13H2,(H2,25,27,29). The summed E-state index contributed by atoms with van der Waals surface area (Å²) in [6.07, 6.45) is 1.65. The van der Waals surface area contributed by atoms with Crippen molar-refractivity contribution in [1.82, 2.24) is 29.5 Å². The van der Waals surface area contributed by atoms with Gasteiger partial charge in [0.25, 0.3) is 0 Å². The normalized spacial score (nSPS) is 11.3. The molecule has 0 unspecified atom stereocenters. The Labute approximate surface area is 175 Å². The van der Waals surface area contributed by atoms with Crippen LogP contribution in [0.2, 0.25) is 0 Å². The lowest BCUT2D eigenvalue weighted by Crippen LogP contribution is -2.06. The molecule has 0 saturated carbocycles. The summed E-state index contributed by atoms with van der Waals surface area (Å²) in [5.74, 6) is -0.0742. The zero-order valence-corrected chi connectivity index (χ0v) is 16.3. The molecule has 0 radical (unpaired) electrons. The molecule has 5 rings (SSSR count). The molecule has 154 valence electrons. The van der Waals surface area contributed by atoms with Crippen LogP contribution in [0.5, 0.6) is 0 Å². The summed E-state index contributed by atoms with van der Waals surface area (Å²) in [5, 5.41) is 9.84. The van der Waals surface area contributed by atoms with E-state index in [1.165, 1.54) is 22.9 Å². The van der Waals surface area contributed by atoms with Crippen LogP contribution in [0.15, 0.2) is 66.9 Å². The Hall–Kier alpha value is -4.14. The van der Waals surface area contributed by atoms with Crippen molar-refractivity contribution >= 4 is 17.0 Å². The van der Waals surface area contributed by atoms with Gasteiger partial charge in [-0.15, -0.1) is 5.10 Å². The van der Waals surface area contributed by atoms with Crippen molar-refractivity contribution in [3.63, 3.8) is 0 Å². The first-order chi connectivity index (χ1) is 15.1. The van der Waals surface area contributed by atoms with Crippen molar-refractivity contribution in [2.75, 3.05) is 5.73 Å². The third-order valence-corrected chi connectivity index (χ3v) is 4.94. The molecule has 0 spiro atoms. The molecule has 5 aromatic rings. The van der Waals surface area contributed by atoms with Crippen molar-refractivity contribution in [1.29, 1.82) is 0 Å². The molecule has 0 amide bonds. The lowest BCUT2D eigenvalue weighted by molar-refractivity contribution is 0.589. The minimum Gasteiger partial charge on any atom is -0.368 e. The van der Waals surface area contributed by atoms with Crippen LogP contribution < -0.4 is 5.73 Å². The van der Waals surface area contributed by atoms with Crippen molar-refractivity contribution in [2.45, 2.75) is 13.1 Å². The minimum absolute atomic E-state index is 0.208. The molecule has 0 aliphatic carbocycles. The van der Waals surface area contributed by atoms with Gasteiger partial charge in [-0.3, -0.25) is 0 Å². The van der Waals surface area contributed by atoms with Crippen LogP contribution in [-0.2, 0) is 13.1 Å². The van der Waals surface area contributed by atoms with Gasteiger partial charge in [0.2, 0.25) is 11.8 Å². The third kappa shape index (κ3) is 3.61. The van der Waals surface area contributed by atoms with E-state index in [-0.39, 0.29) is 24.1 Å². The Morgan fingerprint density at radius 3 is 2.45 bits per heavy atom. The molecule has 7 nitrogen and oxygen atoms in total. The highest BCUT2D eigenvalue weighted by molar-refractivity contribution is 5.89. The van der Waals surface area contributed by atoms with Gasteiger partial charge in [-0.05, 0) is 35.9 Å². The van der Waals surface area contributed by atoms with Gasteiger partial charge < -0.3 is 5.73 Å². The molecular formula is C22H17F2N7. The second-order valence-corrected chi connectivity index (χ2v) is 7.05. The molecule has 3 heterocycles. The average molecular weight is 417 g/mol. The summed E-state index contributed by atoms with van der Waals surface area (Å²) in [4.78, 5) is 8.77. The Bertz CT molecular complexity index is 1370. The first-order valence-electron chi connectivity index (χ1n) is 9.58. The summed E-state index contributed by atoms with van der Waals surface area (Å²) in [5.41, 5.74) is 8.49. The highest BCUT2D eigenvalue weighted by Gasteiger charge is 2.19. The van der Waals surface area contributed by atoms with Gasteiger partial charge in [-0.2, -0.15) is 10.1 Å². The number of nitrogens with two attached hydrogens (primary N) is 1. The number of anilines is 1. The van der Waals surface area contributed by atoms with Crippen LogP contribution in [-0.4, -0.2) is 29.5 Å². The van der Waals surface area contributed by atoms with Crippen LogP contribution in [0.3, 0.4) is 0 Å². The van der Waals surface area contributed by atoms with E-state index < -0.39 is 0 Å². The number of nitrogens with zero attached hydrogens (tertiary/aromatic N) is 6. The van der Waals surface area contributed by atoms with Crippen molar-refractivity contribution in [3.8, 4) is 11.5 Å². The lowest BCUT2D eigenvalue weighted by atomic mass is 10.2. The van der Waals surface area contributed by atoms with E-state index in [0.29, 0.717) is 29.3 Å². The predicted octanol–water partition coefficient (Wildman–Crippen LogP) is 3.65. The van der Waals surface area contributed by atoms with E-state index in [9.17, 15) is 8.78 Å². The highest BCUT2D eigenvalue weighted by Crippen LogP contribution is 2.26. The molecule has 9 heteroatoms. The third-order valence-electron chi connectivity index (χ3n) is 4.94. The van der Waals surface area contributed by atoms with Crippen molar-refractivity contribution in [3.05, 3.63) is 89.6 Å². The monoisotopic (exact) mass is 417 g/mol. The fourth-order valence-corrected chi connectivity index (χ4v) is 3.41. The van der Waals surface area contributed by atoms with Crippen LogP contribution in [0.25, 0.3) is 22.6 Å². The number of rotatable bonds is 5. The Balaban J connectivity index is 1.53. The van der Waals surface area contributed by atoms with Gasteiger partial charge in [-0.1, -0.05) is 30.3 Å². The number of aromatic nitrogens is 6. The highest BCUT2D eigenvalue weighted by atomic mass is 19.1. The second-order valence-electron chi connectivity index (χ2n) is 7.05. The van der Waals surface area contributed by atoms with Crippen LogP contribution in [0.1, 0.15) is 11.1 Å². The summed E-state index contributed by atoms with van der Waals surface area (Å²) in [7, 11) is 0. The van der Waals surface area contributed by atoms with E-state index in [2.05, 4.69) is 20.2 Å². The van der Waals surface area contributed by atoms with Crippen LogP contribution in [0.4, 0.5) is 14.7 Å². The number of halogens is 2. The van der Waals surface area contributed by atoms with Gasteiger partial charge in [-0.25, -0.2) is 23.1 Å². The zero-order chi connectivity index (χ0) is 21.4. The molecule has 2 aromatic carbocycles. The largest absolute Gasteiger partial charge is 0.368 e. The fourth-order valence-electron chi connectivity index (χ4n) is 3.41. The molecule has 31 heavy (non-hydrogen) atoms. The number of benzene rings is 2. The molecule has 0 aliphatic heterocycles. The van der Waals surface area contributed by atoms with E-state index in [4.69, 9.17) is 5.73 Å². The summed E-state index contributed by atoms with van der Waals surface area (Å²) in [6.45, 7) is 0.553. The van der Waals surface area contributed by atoms with Crippen LogP contribution >= 0.6 is 0 Å². The molecule has 0 bridgehead atoms. The summed E-state index contributed by atoms with van der Waals surface area (Å²) in [6, 6.07) is 16.3. The van der Waals surface area contributed by atoms with Gasteiger partial charge in [0.05, 0.1) is 18.5 Å². The van der Waals surface area contributed by atoms with E-state index in [1.54, 1.807) is 47.3 Å². The van der Waals surface area contributed by atoms with Crippen molar-refractivity contribution in [2.24, 2.45) is 0 Å². The van der Waals surface area contributed by atoms with Gasteiger partial charge in [0.15, 0.2) is 5.65 Å². The number of hydrogen-bond acceptors (Lipinski definition) is 5. The van der Waals surface area contributed by atoms with E-state index in [1.807, 2.05) is 6.07 Å². The maximum absolute atomic E-state index is 14.2. The van der Waals surface area contributed by atoms with Gasteiger partial charge in [0, 0.05) is 11.8 Å². The first-order valence-corrected chi connectivity index (χ1v) is 9.58. The Morgan fingerprint density at radius 1 is 0.839 bits per heavy atom. The number of fused-ring (bicyclic) bond motifs is 1. The molecule has 3 aromatic heterocycles. The fraction of sp³-hybridized carbons (Fsp3) is 0.0909. The van der Waals surface area contributed by atoms with Crippen LogP contribution in [0, 0.1) is 11.6 Å². The zero-order valence-electron chi connectivity index (χ0n) is 16.3. The molecule has 0 atom stereocenters. The molecule has 0 aliphatic rings. The maximum atomic E-state index is 14.2. The maximum Gasteiger partial charge on any atom is 0.219 e. The smallest absolute Gasteiger partial charge is 0.219 e. The molecular weight excluding hydrogens is 400 g/mol. The predicted molar refractivity (Wildman–Crippen MR) is 112 cm³/mol. The minimum atomic E-state index is -0.311. The summed E-state index contributed by atoms with van der Waals surface area (Å²) < 4.78 is 30.5. The molecule has 0 saturated heterocycles. The second kappa shape index (κ2) is 7.60. The average Bonchev–Trinajstić information content (AvgIpc) is 3.32. The van der Waals surface area contributed by atoms with Gasteiger partial charge >= 0.3 is 0 Å². The first kappa shape index (κ1) is 18.9. The molecule has 2 N–H and O–H groups in total. The Kier molecular flexibility index (Phi) is 4.62. The lowest BCUT2D eigenvalue weighted by Gasteiger charge is -2.04. The number of nitrogen functional groups attached to an aromatic ring is 1. The number of hydrogen-bond donors (Lipinski definition) is 1. The topological polar surface area (TPSA) is 87.4 Å². The summed E-state index contributed by atoms with van der Waals surface area (Å²) >= 11 is 0. The van der Waals surface area contributed by atoms with Crippen molar-refractivity contribution < 1.29 is 8.78 Å². The number of pyridine rings is 1. The molecule has 0 fully saturated rings. The SMILES string of the molecule is Nc1nc(-c2nn(Cc3ccccc3F)c3ncccc23)nn1Cc1ccc(F)cc1.